The van der Waals surface area contributed by atoms with Gasteiger partial charge in [-0.2, -0.15) is 0 Å². The monoisotopic (exact) mass is 412 g/mol. The van der Waals surface area contributed by atoms with Gasteiger partial charge in [0.25, 0.3) is 0 Å². The summed E-state index contributed by atoms with van der Waals surface area (Å²) in [6.07, 6.45) is 3.63. The summed E-state index contributed by atoms with van der Waals surface area (Å²) in [5.41, 5.74) is -0.780. The van der Waals surface area contributed by atoms with Crippen molar-refractivity contribution >= 4 is 34.9 Å². The largest absolute Gasteiger partial charge is 0.443 e. The summed E-state index contributed by atoms with van der Waals surface area (Å²) in [5, 5.41) is 0. The van der Waals surface area contributed by atoms with E-state index in [0.717, 1.165) is 30.0 Å². The zero-order valence-electron chi connectivity index (χ0n) is 16.8. The molecular formula is C20H29ClN2O3S. The van der Waals surface area contributed by atoms with Gasteiger partial charge in [-0.25, -0.2) is 9.69 Å². The summed E-state index contributed by atoms with van der Waals surface area (Å²) >= 11 is 7.83. The van der Waals surface area contributed by atoms with Crippen molar-refractivity contribution in [3.8, 4) is 0 Å². The number of thiophene rings is 1. The highest BCUT2D eigenvalue weighted by atomic mass is 35.5. The lowest BCUT2D eigenvalue weighted by atomic mass is 9.66. The first-order chi connectivity index (χ1) is 12.5. The van der Waals surface area contributed by atoms with Gasteiger partial charge < -0.3 is 4.74 Å². The molecular weight excluding hydrogens is 384 g/mol. The standard InChI is InChI=1S/C20H29ClN2O3S/c1-18(2,3)26-17(25)23-13-19(12-16(23)24)8-10-20(11-9-19,22(4)5)14-6-7-15(21)27-14/h6-7H,8-13H2,1-5H3. The third-order valence-corrected chi connectivity index (χ3v) is 7.38. The Labute approximate surface area is 170 Å². The molecule has 0 unspecified atom stereocenters. The molecule has 1 spiro atoms. The molecule has 2 fully saturated rings. The minimum absolute atomic E-state index is 0.0502. The number of ether oxygens (including phenoxy) is 1. The first-order valence-corrected chi connectivity index (χ1v) is 10.6. The Balaban J connectivity index is 1.74. The van der Waals surface area contributed by atoms with E-state index < -0.39 is 11.7 Å². The zero-order chi connectivity index (χ0) is 20.0. The van der Waals surface area contributed by atoms with Crippen LogP contribution in [-0.4, -0.2) is 48.0 Å². The molecule has 2 amide bonds. The Morgan fingerprint density at radius 3 is 2.33 bits per heavy atom. The number of hydrogen-bond acceptors (Lipinski definition) is 5. The van der Waals surface area contributed by atoms with E-state index in [1.54, 1.807) is 11.3 Å². The van der Waals surface area contributed by atoms with Crippen molar-refractivity contribution < 1.29 is 14.3 Å². The second-order valence-corrected chi connectivity index (χ2v) is 10.9. The normalized spacial score (nSPS) is 29.0. The molecule has 0 bridgehead atoms. The third kappa shape index (κ3) is 4.03. The van der Waals surface area contributed by atoms with Crippen LogP contribution in [0.2, 0.25) is 4.34 Å². The number of rotatable bonds is 2. The fraction of sp³-hybridized carbons (Fsp3) is 0.700. The van der Waals surface area contributed by atoms with Crippen LogP contribution in [0.1, 0.15) is 57.8 Å². The van der Waals surface area contributed by atoms with Gasteiger partial charge in [0.1, 0.15) is 5.60 Å². The van der Waals surface area contributed by atoms with Crippen molar-refractivity contribution in [2.24, 2.45) is 5.41 Å². The van der Waals surface area contributed by atoms with E-state index in [2.05, 4.69) is 25.1 Å². The molecule has 0 atom stereocenters. The highest BCUT2D eigenvalue weighted by Crippen LogP contribution is 2.53. The van der Waals surface area contributed by atoms with E-state index in [0.29, 0.717) is 13.0 Å². The number of amides is 2. The molecule has 7 heteroatoms. The fourth-order valence-electron chi connectivity index (χ4n) is 4.39. The van der Waals surface area contributed by atoms with Gasteiger partial charge in [0.2, 0.25) is 5.91 Å². The predicted octanol–water partition coefficient (Wildman–Crippen LogP) is 4.89. The first kappa shape index (κ1) is 20.6. The predicted molar refractivity (Wildman–Crippen MR) is 108 cm³/mol. The van der Waals surface area contributed by atoms with E-state index in [9.17, 15) is 9.59 Å². The lowest BCUT2D eigenvalue weighted by Crippen LogP contribution is -2.47. The molecule has 1 aromatic heterocycles. The van der Waals surface area contributed by atoms with Crippen molar-refractivity contribution in [3.63, 3.8) is 0 Å². The van der Waals surface area contributed by atoms with Crippen LogP contribution < -0.4 is 0 Å². The van der Waals surface area contributed by atoms with Crippen LogP contribution in [0.3, 0.4) is 0 Å². The minimum atomic E-state index is -0.599. The summed E-state index contributed by atoms with van der Waals surface area (Å²) in [4.78, 5) is 29.8. The second kappa shape index (κ2) is 7.05. The first-order valence-electron chi connectivity index (χ1n) is 9.43. The molecule has 0 aromatic carbocycles. The van der Waals surface area contributed by atoms with Gasteiger partial charge in [-0.15, -0.1) is 11.3 Å². The number of carbonyl (C=O) groups is 2. The highest BCUT2D eigenvalue weighted by Gasteiger charge is 2.52. The maximum absolute atomic E-state index is 12.5. The molecule has 2 aliphatic rings. The van der Waals surface area contributed by atoms with Crippen LogP contribution in [-0.2, 0) is 15.1 Å². The van der Waals surface area contributed by atoms with E-state index in [1.165, 1.54) is 9.78 Å². The summed E-state index contributed by atoms with van der Waals surface area (Å²) < 4.78 is 6.23. The number of halogens is 1. The van der Waals surface area contributed by atoms with Gasteiger partial charge in [0.15, 0.2) is 0 Å². The molecule has 27 heavy (non-hydrogen) atoms. The summed E-state index contributed by atoms with van der Waals surface area (Å²) in [7, 11) is 4.22. The van der Waals surface area contributed by atoms with E-state index in [4.69, 9.17) is 16.3 Å². The molecule has 1 aliphatic carbocycles. The minimum Gasteiger partial charge on any atom is -0.443 e. The van der Waals surface area contributed by atoms with Crippen molar-refractivity contribution in [2.45, 2.75) is 64.0 Å². The molecule has 1 aliphatic heterocycles. The van der Waals surface area contributed by atoms with Crippen LogP contribution >= 0.6 is 22.9 Å². The average molecular weight is 413 g/mol. The Kier molecular flexibility index (Phi) is 5.38. The van der Waals surface area contributed by atoms with Gasteiger partial charge in [-0.3, -0.25) is 9.69 Å². The molecule has 0 N–H and O–H groups in total. The topological polar surface area (TPSA) is 49.9 Å². The number of likely N-dealkylation sites (tertiary alicyclic amines) is 1. The van der Waals surface area contributed by atoms with Crippen LogP contribution in [0, 0.1) is 5.41 Å². The molecule has 2 heterocycles. The molecule has 150 valence electrons. The second-order valence-electron chi connectivity index (χ2n) is 9.17. The van der Waals surface area contributed by atoms with Crippen LogP contribution in [0.5, 0.6) is 0 Å². The Bertz CT molecular complexity index is 730. The molecule has 1 aromatic rings. The lowest BCUT2D eigenvalue weighted by molar-refractivity contribution is -0.127. The van der Waals surface area contributed by atoms with E-state index in [1.807, 2.05) is 26.8 Å². The van der Waals surface area contributed by atoms with Crippen molar-refractivity contribution in [1.82, 2.24) is 9.80 Å². The Morgan fingerprint density at radius 2 is 1.85 bits per heavy atom. The van der Waals surface area contributed by atoms with Gasteiger partial charge in [-0.05, 0) is 78.1 Å². The van der Waals surface area contributed by atoms with E-state index in [-0.39, 0.29) is 16.9 Å². The SMILES string of the molecule is CN(C)C1(c2ccc(Cl)s2)CCC2(CC1)CC(=O)N(C(=O)OC(C)(C)C)C2. The molecule has 1 saturated heterocycles. The van der Waals surface area contributed by atoms with Crippen molar-refractivity contribution in [2.75, 3.05) is 20.6 Å². The summed E-state index contributed by atoms with van der Waals surface area (Å²) in [6.45, 7) is 5.92. The van der Waals surface area contributed by atoms with E-state index >= 15 is 0 Å². The van der Waals surface area contributed by atoms with Gasteiger partial charge >= 0.3 is 6.09 Å². The molecule has 1 saturated carbocycles. The maximum atomic E-state index is 12.5. The van der Waals surface area contributed by atoms with Crippen LogP contribution in [0.15, 0.2) is 12.1 Å². The number of nitrogens with zero attached hydrogens (tertiary/aromatic N) is 2. The van der Waals surface area contributed by atoms with Gasteiger partial charge in [0, 0.05) is 17.8 Å². The molecule has 5 nitrogen and oxygen atoms in total. The quantitative estimate of drug-likeness (QED) is 0.694. The summed E-state index contributed by atoms with van der Waals surface area (Å²) in [6, 6.07) is 4.08. The number of imide groups is 1. The lowest BCUT2D eigenvalue weighted by Gasteiger charge is -2.48. The number of carbonyl (C=O) groups excluding carboxylic acids is 2. The fourth-order valence-corrected chi connectivity index (χ4v) is 5.76. The Hall–Kier alpha value is -1.11. The summed E-state index contributed by atoms with van der Waals surface area (Å²) in [5.74, 6) is -0.110. The van der Waals surface area contributed by atoms with Crippen LogP contribution in [0.25, 0.3) is 0 Å². The van der Waals surface area contributed by atoms with Crippen molar-refractivity contribution in [3.05, 3.63) is 21.3 Å². The molecule has 0 radical (unpaired) electrons. The van der Waals surface area contributed by atoms with Gasteiger partial charge in [-0.1, -0.05) is 11.6 Å². The third-order valence-electron chi connectivity index (χ3n) is 5.96. The van der Waals surface area contributed by atoms with Crippen LogP contribution in [0.4, 0.5) is 4.79 Å². The number of hydrogen-bond donors (Lipinski definition) is 0. The maximum Gasteiger partial charge on any atom is 0.417 e. The smallest absolute Gasteiger partial charge is 0.417 e. The average Bonchev–Trinajstić information content (AvgIpc) is 3.11. The zero-order valence-corrected chi connectivity index (χ0v) is 18.4. The molecule has 3 rings (SSSR count). The Morgan fingerprint density at radius 1 is 1.22 bits per heavy atom. The van der Waals surface area contributed by atoms with Crippen molar-refractivity contribution in [1.29, 1.82) is 0 Å². The van der Waals surface area contributed by atoms with Gasteiger partial charge in [0.05, 0.1) is 9.88 Å². The highest BCUT2D eigenvalue weighted by molar-refractivity contribution is 7.16.